The molecule has 0 bridgehead atoms. The Morgan fingerprint density at radius 1 is 1.40 bits per heavy atom. The van der Waals surface area contributed by atoms with Gasteiger partial charge in [-0.2, -0.15) is 0 Å². The van der Waals surface area contributed by atoms with Gasteiger partial charge in [-0.1, -0.05) is 0 Å². The van der Waals surface area contributed by atoms with Gasteiger partial charge in [0.2, 0.25) is 0 Å². The third-order valence-electron chi connectivity index (χ3n) is 2.59. The summed E-state index contributed by atoms with van der Waals surface area (Å²) in [6, 6.07) is 0. The summed E-state index contributed by atoms with van der Waals surface area (Å²) in [4.78, 5) is 0. The minimum absolute atomic E-state index is 0.508. The van der Waals surface area contributed by atoms with Crippen molar-refractivity contribution in [2.24, 2.45) is 5.92 Å². The van der Waals surface area contributed by atoms with E-state index in [9.17, 15) is 0 Å². The molecule has 2 heteroatoms. The van der Waals surface area contributed by atoms with E-state index >= 15 is 0 Å². The SMILES string of the molecule is N=C1CCC2OCCC2C1. The van der Waals surface area contributed by atoms with Gasteiger partial charge in [-0.15, -0.1) is 0 Å². The molecule has 56 valence electrons. The van der Waals surface area contributed by atoms with Crippen LogP contribution in [0.2, 0.25) is 0 Å². The molecule has 2 nitrogen and oxygen atoms in total. The van der Waals surface area contributed by atoms with E-state index < -0.39 is 0 Å². The predicted molar refractivity (Wildman–Crippen MR) is 39.4 cm³/mol. The number of hydrogen-bond acceptors (Lipinski definition) is 2. The molecule has 0 spiro atoms. The molecule has 2 aliphatic rings. The second kappa shape index (κ2) is 2.35. The first-order chi connectivity index (χ1) is 4.86. The monoisotopic (exact) mass is 139 g/mol. The molecule has 0 amide bonds. The molecule has 1 aliphatic heterocycles. The Morgan fingerprint density at radius 2 is 2.30 bits per heavy atom. The summed E-state index contributed by atoms with van der Waals surface area (Å²) in [5.41, 5.74) is 0.937. The van der Waals surface area contributed by atoms with Gasteiger partial charge in [0.15, 0.2) is 0 Å². The van der Waals surface area contributed by atoms with Crippen molar-refractivity contribution in [3.8, 4) is 0 Å². The first-order valence-corrected chi connectivity index (χ1v) is 4.04. The number of nitrogens with one attached hydrogen (secondary N) is 1. The number of ether oxygens (including phenoxy) is 1. The standard InChI is InChI=1S/C8H13NO/c9-7-1-2-8-6(5-7)3-4-10-8/h6,8-9H,1-5H2. The lowest BCUT2D eigenvalue weighted by atomic mass is 9.85. The van der Waals surface area contributed by atoms with Crippen LogP contribution in [0.4, 0.5) is 0 Å². The van der Waals surface area contributed by atoms with Crippen LogP contribution in [0.5, 0.6) is 0 Å². The summed E-state index contributed by atoms with van der Waals surface area (Å²) >= 11 is 0. The van der Waals surface area contributed by atoms with Gasteiger partial charge in [0, 0.05) is 12.3 Å². The average Bonchev–Trinajstić information content (AvgIpc) is 2.33. The molecule has 10 heavy (non-hydrogen) atoms. The molecule has 0 radical (unpaired) electrons. The molecule has 2 fully saturated rings. The topological polar surface area (TPSA) is 33.1 Å². The Labute approximate surface area is 61.1 Å². The summed E-state index contributed by atoms with van der Waals surface area (Å²) < 4.78 is 5.51. The van der Waals surface area contributed by atoms with E-state index in [1.54, 1.807) is 0 Å². The second-order valence-corrected chi connectivity index (χ2v) is 3.30. The normalized spacial score (nSPS) is 39.8. The minimum Gasteiger partial charge on any atom is -0.378 e. The zero-order valence-electron chi connectivity index (χ0n) is 6.10. The van der Waals surface area contributed by atoms with Gasteiger partial charge >= 0.3 is 0 Å². The third-order valence-corrected chi connectivity index (χ3v) is 2.59. The quantitative estimate of drug-likeness (QED) is 0.543. The molecule has 0 aromatic heterocycles. The summed E-state index contributed by atoms with van der Waals surface area (Å²) in [6.45, 7) is 0.933. The molecular weight excluding hydrogens is 126 g/mol. The number of hydrogen-bond donors (Lipinski definition) is 1. The fourth-order valence-corrected chi connectivity index (χ4v) is 1.98. The van der Waals surface area contributed by atoms with Crippen LogP contribution in [0.1, 0.15) is 25.7 Å². The highest BCUT2D eigenvalue weighted by atomic mass is 16.5. The first kappa shape index (κ1) is 6.35. The van der Waals surface area contributed by atoms with Crippen LogP contribution in [-0.2, 0) is 4.74 Å². The molecule has 1 saturated carbocycles. The van der Waals surface area contributed by atoms with Crippen molar-refractivity contribution in [3.05, 3.63) is 0 Å². The van der Waals surface area contributed by atoms with E-state index in [-0.39, 0.29) is 0 Å². The molecule has 1 N–H and O–H groups in total. The van der Waals surface area contributed by atoms with Gasteiger partial charge < -0.3 is 10.1 Å². The van der Waals surface area contributed by atoms with Crippen molar-refractivity contribution in [1.82, 2.24) is 0 Å². The zero-order valence-corrected chi connectivity index (χ0v) is 6.10. The molecular formula is C8H13NO. The summed E-state index contributed by atoms with van der Waals surface area (Å²) in [5.74, 6) is 0.696. The van der Waals surface area contributed by atoms with Crippen LogP contribution in [-0.4, -0.2) is 18.4 Å². The zero-order chi connectivity index (χ0) is 6.97. The first-order valence-electron chi connectivity index (χ1n) is 4.04. The van der Waals surface area contributed by atoms with E-state index in [0.29, 0.717) is 12.0 Å². The maximum Gasteiger partial charge on any atom is 0.0611 e. The highest BCUT2D eigenvalue weighted by molar-refractivity contribution is 5.82. The number of rotatable bonds is 0. The Balaban J connectivity index is 2.03. The molecule has 2 atom stereocenters. The summed E-state index contributed by atoms with van der Waals surface area (Å²) in [6.07, 6.45) is 4.77. The van der Waals surface area contributed by atoms with Crippen LogP contribution in [0.3, 0.4) is 0 Å². The van der Waals surface area contributed by atoms with Crippen LogP contribution in [0.15, 0.2) is 0 Å². The van der Waals surface area contributed by atoms with E-state index in [1.807, 2.05) is 0 Å². The molecule has 1 heterocycles. The highest BCUT2D eigenvalue weighted by Crippen LogP contribution is 2.32. The maximum absolute atomic E-state index is 7.48. The molecule has 1 aliphatic carbocycles. The van der Waals surface area contributed by atoms with Crippen LogP contribution < -0.4 is 0 Å². The Hall–Kier alpha value is -0.370. The minimum atomic E-state index is 0.508. The lowest BCUT2D eigenvalue weighted by molar-refractivity contribution is 0.0814. The maximum atomic E-state index is 7.48. The predicted octanol–water partition coefficient (Wildman–Crippen LogP) is 1.60. The van der Waals surface area contributed by atoms with Gasteiger partial charge in [0.1, 0.15) is 0 Å². The van der Waals surface area contributed by atoms with Crippen molar-refractivity contribution in [2.45, 2.75) is 31.8 Å². The average molecular weight is 139 g/mol. The van der Waals surface area contributed by atoms with Gasteiger partial charge in [0.05, 0.1) is 6.10 Å². The Bertz CT molecular complexity index is 155. The van der Waals surface area contributed by atoms with Gasteiger partial charge in [-0.25, -0.2) is 0 Å². The molecule has 0 aromatic carbocycles. The van der Waals surface area contributed by atoms with Crippen molar-refractivity contribution in [1.29, 1.82) is 5.41 Å². The van der Waals surface area contributed by atoms with Crippen molar-refractivity contribution < 1.29 is 4.74 Å². The summed E-state index contributed by atoms with van der Waals surface area (Å²) in [5, 5.41) is 7.48. The number of fused-ring (bicyclic) bond motifs is 1. The molecule has 0 aromatic rings. The largest absolute Gasteiger partial charge is 0.378 e. The summed E-state index contributed by atoms with van der Waals surface area (Å²) in [7, 11) is 0. The van der Waals surface area contributed by atoms with E-state index in [4.69, 9.17) is 10.1 Å². The van der Waals surface area contributed by atoms with Gasteiger partial charge in [-0.05, 0) is 31.6 Å². The van der Waals surface area contributed by atoms with E-state index in [1.165, 1.54) is 6.42 Å². The third kappa shape index (κ3) is 0.966. The van der Waals surface area contributed by atoms with Crippen molar-refractivity contribution in [3.63, 3.8) is 0 Å². The van der Waals surface area contributed by atoms with Crippen LogP contribution >= 0.6 is 0 Å². The second-order valence-electron chi connectivity index (χ2n) is 3.30. The van der Waals surface area contributed by atoms with Gasteiger partial charge in [-0.3, -0.25) is 0 Å². The fraction of sp³-hybridized carbons (Fsp3) is 0.875. The lowest BCUT2D eigenvalue weighted by Gasteiger charge is -2.23. The Morgan fingerprint density at radius 3 is 3.20 bits per heavy atom. The van der Waals surface area contributed by atoms with Crippen molar-refractivity contribution >= 4 is 5.71 Å². The van der Waals surface area contributed by atoms with Crippen LogP contribution in [0.25, 0.3) is 0 Å². The van der Waals surface area contributed by atoms with Crippen LogP contribution in [0, 0.1) is 11.3 Å². The fourth-order valence-electron chi connectivity index (χ4n) is 1.98. The van der Waals surface area contributed by atoms with E-state index in [0.717, 1.165) is 31.6 Å². The smallest absolute Gasteiger partial charge is 0.0611 e. The van der Waals surface area contributed by atoms with Crippen molar-refractivity contribution in [2.75, 3.05) is 6.61 Å². The Kier molecular flexibility index (Phi) is 1.49. The molecule has 1 saturated heterocycles. The molecule has 2 rings (SSSR count). The lowest BCUT2D eigenvalue weighted by Crippen LogP contribution is -2.25. The molecule has 2 unspecified atom stereocenters. The highest BCUT2D eigenvalue weighted by Gasteiger charge is 2.32. The van der Waals surface area contributed by atoms with Gasteiger partial charge in [0.25, 0.3) is 0 Å². The van der Waals surface area contributed by atoms with E-state index in [2.05, 4.69) is 0 Å².